The summed E-state index contributed by atoms with van der Waals surface area (Å²) in [5.74, 6) is -3.55. The van der Waals surface area contributed by atoms with Crippen molar-refractivity contribution in [1.82, 2.24) is 9.97 Å². The van der Waals surface area contributed by atoms with Gasteiger partial charge in [-0.25, -0.2) is 18.2 Å². The van der Waals surface area contributed by atoms with Gasteiger partial charge in [0.2, 0.25) is 0 Å². The number of aryl methyl sites for hydroxylation is 1. The van der Waals surface area contributed by atoms with Crippen molar-refractivity contribution in [2.24, 2.45) is 0 Å². The topological polar surface area (TPSA) is 42.9 Å². The predicted octanol–water partition coefficient (Wildman–Crippen LogP) is 3.84. The third-order valence-electron chi connectivity index (χ3n) is 3.29. The first-order valence-corrected chi connectivity index (χ1v) is 6.37. The third kappa shape index (κ3) is 2.22. The highest BCUT2D eigenvalue weighted by Crippen LogP contribution is 2.28. The number of aldehydes is 1. The SMILES string of the molecule is Cc1ccc(-c2nc3c(F)cc(F)c(F)c3cc2C=O)cn1. The van der Waals surface area contributed by atoms with Crippen molar-refractivity contribution in [3.05, 3.63) is 59.2 Å². The molecule has 0 saturated heterocycles. The van der Waals surface area contributed by atoms with Crippen LogP contribution in [-0.2, 0) is 0 Å². The molecule has 3 aromatic rings. The molecule has 22 heavy (non-hydrogen) atoms. The Labute approximate surface area is 123 Å². The number of carbonyl (C=O) groups excluding carboxylic acids is 1. The van der Waals surface area contributed by atoms with Crippen LogP contribution < -0.4 is 0 Å². The summed E-state index contributed by atoms with van der Waals surface area (Å²) in [6.07, 6.45) is 1.94. The van der Waals surface area contributed by atoms with Crippen molar-refractivity contribution in [3.8, 4) is 11.3 Å². The molecule has 3 nitrogen and oxygen atoms in total. The van der Waals surface area contributed by atoms with Crippen molar-refractivity contribution in [2.45, 2.75) is 6.92 Å². The quantitative estimate of drug-likeness (QED) is 0.533. The van der Waals surface area contributed by atoms with Crippen LogP contribution in [0.5, 0.6) is 0 Å². The number of benzene rings is 1. The maximum atomic E-state index is 13.8. The minimum atomic E-state index is -1.33. The number of hydrogen-bond acceptors (Lipinski definition) is 3. The number of fused-ring (bicyclic) bond motifs is 1. The van der Waals surface area contributed by atoms with Gasteiger partial charge in [-0.3, -0.25) is 9.78 Å². The van der Waals surface area contributed by atoms with Crippen molar-refractivity contribution >= 4 is 17.2 Å². The molecule has 3 rings (SSSR count). The van der Waals surface area contributed by atoms with E-state index in [1.54, 1.807) is 19.1 Å². The predicted molar refractivity (Wildman–Crippen MR) is 75.0 cm³/mol. The molecule has 0 unspecified atom stereocenters. The van der Waals surface area contributed by atoms with Gasteiger partial charge in [0.25, 0.3) is 0 Å². The Kier molecular flexibility index (Phi) is 3.36. The number of pyridine rings is 2. The first-order valence-electron chi connectivity index (χ1n) is 6.37. The number of halogens is 3. The van der Waals surface area contributed by atoms with Gasteiger partial charge in [0.1, 0.15) is 5.52 Å². The normalized spacial score (nSPS) is 10.9. The second-order valence-electron chi connectivity index (χ2n) is 4.78. The van der Waals surface area contributed by atoms with Crippen LogP contribution in [0.25, 0.3) is 22.2 Å². The summed E-state index contributed by atoms with van der Waals surface area (Å²) in [5.41, 5.74) is 1.11. The van der Waals surface area contributed by atoms with Gasteiger partial charge in [0, 0.05) is 34.5 Å². The highest BCUT2D eigenvalue weighted by Gasteiger charge is 2.17. The van der Waals surface area contributed by atoms with Crippen LogP contribution in [0.15, 0.2) is 30.5 Å². The lowest BCUT2D eigenvalue weighted by Crippen LogP contribution is -1.99. The monoisotopic (exact) mass is 302 g/mol. The van der Waals surface area contributed by atoms with E-state index >= 15 is 0 Å². The van der Waals surface area contributed by atoms with Gasteiger partial charge >= 0.3 is 0 Å². The van der Waals surface area contributed by atoms with Crippen molar-refractivity contribution < 1.29 is 18.0 Å². The molecule has 0 aliphatic heterocycles. The fourth-order valence-electron chi connectivity index (χ4n) is 2.18. The van der Waals surface area contributed by atoms with E-state index < -0.39 is 17.5 Å². The molecule has 0 saturated carbocycles. The molecule has 0 fully saturated rings. The summed E-state index contributed by atoms with van der Waals surface area (Å²) in [4.78, 5) is 19.3. The van der Waals surface area contributed by atoms with E-state index in [1.807, 2.05) is 0 Å². The van der Waals surface area contributed by atoms with Crippen LogP contribution in [0.3, 0.4) is 0 Å². The van der Waals surface area contributed by atoms with E-state index in [0.29, 0.717) is 17.9 Å². The number of carbonyl (C=O) groups is 1. The van der Waals surface area contributed by atoms with Crippen LogP contribution >= 0.6 is 0 Å². The first-order chi connectivity index (χ1) is 10.5. The Bertz CT molecular complexity index is 892. The number of nitrogens with zero attached hydrogens (tertiary/aromatic N) is 2. The maximum Gasteiger partial charge on any atom is 0.168 e. The van der Waals surface area contributed by atoms with Crippen molar-refractivity contribution in [1.29, 1.82) is 0 Å². The lowest BCUT2D eigenvalue weighted by Gasteiger charge is -2.08. The van der Waals surface area contributed by atoms with E-state index in [-0.39, 0.29) is 22.2 Å². The van der Waals surface area contributed by atoms with E-state index in [1.165, 1.54) is 6.20 Å². The molecule has 0 aliphatic rings. The molecule has 6 heteroatoms. The molecular weight excluding hydrogens is 293 g/mol. The van der Waals surface area contributed by atoms with Gasteiger partial charge in [0.05, 0.1) is 5.69 Å². The van der Waals surface area contributed by atoms with Gasteiger partial charge in [-0.2, -0.15) is 0 Å². The van der Waals surface area contributed by atoms with Crippen LogP contribution in [0.1, 0.15) is 16.1 Å². The summed E-state index contributed by atoms with van der Waals surface area (Å²) < 4.78 is 40.9. The second-order valence-corrected chi connectivity index (χ2v) is 4.78. The molecule has 0 radical (unpaired) electrons. The standard InChI is InChI=1S/C16H9F3N2O/c1-8-2-3-9(6-20-8)15-10(7-22)4-11-14(19)12(17)5-13(18)16(11)21-15/h2-7H,1H3. The smallest absolute Gasteiger partial charge is 0.168 e. The Morgan fingerprint density at radius 2 is 1.86 bits per heavy atom. The third-order valence-corrected chi connectivity index (χ3v) is 3.29. The molecule has 2 heterocycles. The Morgan fingerprint density at radius 1 is 1.09 bits per heavy atom. The fourth-order valence-corrected chi connectivity index (χ4v) is 2.18. The van der Waals surface area contributed by atoms with E-state index in [0.717, 1.165) is 11.8 Å². The fraction of sp³-hybridized carbons (Fsp3) is 0.0625. The average Bonchev–Trinajstić information content (AvgIpc) is 2.52. The number of aromatic nitrogens is 2. The van der Waals surface area contributed by atoms with E-state index in [4.69, 9.17) is 0 Å². The van der Waals surface area contributed by atoms with Gasteiger partial charge in [-0.15, -0.1) is 0 Å². The number of rotatable bonds is 2. The molecule has 110 valence electrons. The minimum Gasteiger partial charge on any atom is -0.298 e. The molecule has 0 N–H and O–H groups in total. The highest BCUT2D eigenvalue weighted by molar-refractivity contribution is 5.93. The first kappa shape index (κ1) is 14.2. The zero-order chi connectivity index (χ0) is 15.9. The average molecular weight is 302 g/mol. The summed E-state index contributed by atoms with van der Waals surface area (Å²) in [7, 11) is 0. The molecule has 0 amide bonds. The van der Waals surface area contributed by atoms with Gasteiger partial charge in [0.15, 0.2) is 23.7 Å². The zero-order valence-electron chi connectivity index (χ0n) is 11.4. The Hall–Kier alpha value is -2.76. The van der Waals surface area contributed by atoms with Crippen molar-refractivity contribution in [2.75, 3.05) is 0 Å². The Morgan fingerprint density at radius 3 is 2.50 bits per heavy atom. The summed E-state index contributed by atoms with van der Waals surface area (Å²) >= 11 is 0. The molecule has 0 spiro atoms. The van der Waals surface area contributed by atoms with E-state index in [9.17, 15) is 18.0 Å². The van der Waals surface area contributed by atoms with Gasteiger partial charge < -0.3 is 0 Å². The molecule has 2 aromatic heterocycles. The van der Waals surface area contributed by atoms with Crippen LogP contribution in [0.4, 0.5) is 13.2 Å². The lowest BCUT2D eigenvalue weighted by atomic mass is 10.0. The highest BCUT2D eigenvalue weighted by atomic mass is 19.2. The number of hydrogen-bond donors (Lipinski definition) is 0. The molecule has 0 bridgehead atoms. The van der Waals surface area contributed by atoms with Gasteiger partial charge in [-0.1, -0.05) is 0 Å². The maximum absolute atomic E-state index is 13.8. The van der Waals surface area contributed by atoms with E-state index in [2.05, 4.69) is 9.97 Å². The molecule has 1 aromatic carbocycles. The Balaban J connectivity index is 2.36. The van der Waals surface area contributed by atoms with Crippen molar-refractivity contribution in [3.63, 3.8) is 0 Å². The van der Waals surface area contributed by atoms with Crippen LogP contribution in [0.2, 0.25) is 0 Å². The largest absolute Gasteiger partial charge is 0.298 e. The molecule has 0 atom stereocenters. The van der Waals surface area contributed by atoms with Crippen LogP contribution in [0, 0.1) is 24.4 Å². The zero-order valence-corrected chi connectivity index (χ0v) is 11.4. The summed E-state index contributed by atoms with van der Waals surface area (Å²) in [6, 6.07) is 4.90. The summed E-state index contributed by atoms with van der Waals surface area (Å²) in [6.45, 7) is 1.79. The van der Waals surface area contributed by atoms with Gasteiger partial charge in [-0.05, 0) is 25.1 Å². The second kappa shape index (κ2) is 5.22. The molecule has 0 aliphatic carbocycles. The lowest BCUT2D eigenvalue weighted by molar-refractivity contribution is 0.112. The molecular formula is C16H9F3N2O. The summed E-state index contributed by atoms with van der Waals surface area (Å²) in [5, 5.41) is -0.372. The minimum absolute atomic E-state index is 0.0297. The van der Waals surface area contributed by atoms with Crippen LogP contribution in [-0.4, -0.2) is 16.3 Å².